The first-order chi connectivity index (χ1) is 11.2. The molecule has 1 aliphatic heterocycles. The van der Waals surface area contributed by atoms with Gasteiger partial charge in [-0.05, 0) is 63.0 Å². The summed E-state index contributed by atoms with van der Waals surface area (Å²) in [5.74, 6) is 0.945. The summed E-state index contributed by atoms with van der Waals surface area (Å²) in [5, 5.41) is 4.23. The molecule has 0 amide bonds. The van der Waals surface area contributed by atoms with Crippen molar-refractivity contribution in [1.29, 1.82) is 0 Å². The maximum atomic E-state index is 5.93. The second kappa shape index (κ2) is 9.78. The third-order valence-electron chi connectivity index (χ3n) is 4.29. The zero-order valence-corrected chi connectivity index (χ0v) is 15.1. The van der Waals surface area contributed by atoms with E-state index in [-0.39, 0.29) is 0 Å². The van der Waals surface area contributed by atoms with Gasteiger partial charge < -0.3 is 15.1 Å². The second-order valence-electron chi connectivity index (χ2n) is 6.21. The van der Waals surface area contributed by atoms with Crippen molar-refractivity contribution < 1.29 is 0 Å². The van der Waals surface area contributed by atoms with Gasteiger partial charge in [0, 0.05) is 32.2 Å². The third kappa shape index (κ3) is 6.40. The fourth-order valence-electron chi connectivity index (χ4n) is 2.99. The molecule has 0 bridgehead atoms. The molecule has 1 heterocycles. The number of benzene rings is 1. The summed E-state index contributed by atoms with van der Waals surface area (Å²) in [6.45, 7) is 5.62. The van der Waals surface area contributed by atoms with Crippen molar-refractivity contribution in [2.24, 2.45) is 4.99 Å². The van der Waals surface area contributed by atoms with E-state index in [1.54, 1.807) is 0 Å². The zero-order chi connectivity index (χ0) is 16.5. The van der Waals surface area contributed by atoms with Crippen LogP contribution < -0.4 is 5.32 Å². The summed E-state index contributed by atoms with van der Waals surface area (Å²) in [6, 6.07) is 7.98. The predicted octanol–water partition coefficient (Wildman–Crippen LogP) is 3.22. The van der Waals surface area contributed by atoms with Crippen LogP contribution >= 0.6 is 11.6 Å². The molecule has 0 atom stereocenters. The molecule has 0 aliphatic carbocycles. The van der Waals surface area contributed by atoms with Crippen LogP contribution in [0.2, 0.25) is 5.02 Å². The van der Waals surface area contributed by atoms with Gasteiger partial charge >= 0.3 is 0 Å². The molecule has 1 aromatic rings. The van der Waals surface area contributed by atoms with Crippen LogP contribution in [0.1, 0.15) is 31.2 Å². The lowest BCUT2D eigenvalue weighted by Crippen LogP contribution is -2.39. The summed E-state index contributed by atoms with van der Waals surface area (Å²) >= 11 is 5.93. The van der Waals surface area contributed by atoms with Crippen molar-refractivity contribution in [3.8, 4) is 0 Å². The van der Waals surface area contributed by atoms with E-state index in [1.165, 1.54) is 50.9 Å². The Kier molecular flexibility index (Phi) is 7.69. The topological polar surface area (TPSA) is 30.9 Å². The van der Waals surface area contributed by atoms with Crippen molar-refractivity contribution in [3.05, 3.63) is 34.9 Å². The van der Waals surface area contributed by atoms with E-state index in [4.69, 9.17) is 11.6 Å². The van der Waals surface area contributed by atoms with Gasteiger partial charge in [0.15, 0.2) is 5.96 Å². The van der Waals surface area contributed by atoms with Crippen LogP contribution in [0.15, 0.2) is 29.3 Å². The van der Waals surface area contributed by atoms with Crippen molar-refractivity contribution in [1.82, 2.24) is 15.1 Å². The molecule has 1 fully saturated rings. The predicted molar refractivity (Wildman–Crippen MR) is 99.2 cm³/mol. The fraction of sp³-hybridized carbons (Fsp3) is 0.611. The van der Waals surface area contributed by atoms with E-state index in [2.05, 4.69) is 39.3 Å². The fourth-order valence-corrected chi connectivity index (χ4v) is 3.12. The van der Waals surface area contributed by atoms with Gasteiger partial charge in [-0.15, -0.1) is 0 Å². The first-order valence-electron chi connectivity index (χ1n) is 8.57. The third-order valence-corrected chi connectivity index (χ3v) is 4.54. The maximum Gasteiger partial charge on any atom is 0.193 e. The van der Waals surface area contributed by atoms with Gasteiger partial charge in [-0.3, -0.25) is 4.99 Å². The number of nitrogens with one attached hydrogen (secondary N) is 1. The van der Waals surface area contributed by atoms with E-state index in [1.807, 2.05) is 19.2 Å². The average Bonchev–Trinajstić information content (AvgIpc) is 3.06. The molecule has 128 valence electrons. The van der Waals surface area contributed by atoms with Crippen LogP contribution in [0.5, 0.6) is 0 Å². The minimum Gasteiger partial charge on any atom is -0.356 e. The molecule has 0 aromatic heterocycles. The number of guanidine groups is 1. The van der Waals surface area contributed by atoms with Crippen LogP contribution in [-0.2, 0) is 6.54 Å². The lowest BCUT2D eigenvalue weighted by molar-refractivity contribution is 0.330. The number of unbranched alkanes of at least 4 members (excludes halogenated alkanes) is 1. The van der Waals surface area contributed by atoms with Crippen molar-refractivity contribution >= 4 is 17.6 Å². The van der Waals surface area contributed by atoms with Crippen LogP contribution in [-0.4, -0.2) is 56.0 Å². The molecular weight excluding hydrogens is 308 g/mol. The highest BCUT2D eigenvalue weighted by atomic mass is 35.5. The Morgan fingerprint density at radius 2 is 1.91 bits per heavy atom. The average molecular weight is 337 g/mol. The summed E-state index contributed by atoms with van der Waals surface area (Å²) in [6.07, 6.45) is 5.19. The molecule has 0 unspecified atom stereocenters. The number of hydrogen-bond acceptors (Lipinski definition) is 2. The summed E-state index contributed by atoms with van der Waals surface area (Å²) in [7, 11) is 3.90. The quantitative estimate of drug-likeness (QED) is 0.471. The minimum absolute atomic E-state index is 0.775. The first kappa shape index (κ1) is 18.1. The number of nitrogens with zero attached hydrogens (tertiary/aromatic N) is 3. The molecule has 0 saturated carbocycles. The van der Waals surface area contributed by atoms with Crippen molar-refractivity contribution in [2.75, 3.05) is 40.3 Å². The molecule has 1 N–H and O–H groups in total. The standard InChI is InChI=1S/C18H29ClN4/c1-20-18(21-11-3-4-12-23-13-5-6-14-23)22(2)15-16-7-9-17(19)10-8-16/h7-10H,3-6,11-15H2,1-2H3,(H,20,21). The van der Waals surface area contributed by atoms with Crippen LogP contribution in [0.4, 0.5) is 0 Å². The number of halogens is 1. The van der Waals surface area contributed by atoms with Crippen LogP contribution in [0, 0.1) is 0 Å². The van der Waals surface area contributed by atoms with Gasteiger partial charge in [0.2, 0.25) is 0 Å². The first-order valence-corrected chi connectivity index (χ1v) is 8.95. The summed E-state index contributed by atoms with van der Waals surface area (Å²) in [4.78, 5) is 9.09. The number of likely N-dealkylation sites (tertiary alicyclic amines) is 1. The van der Waals surface area contributed by atoms with Crippen LogP contribution in [0.3, 0.4) is 0 Å². The summed E-state index contributed by atoms with van der Waals surface area (Å²) in [5.41, 5.74) is 1.23. The SMILES string of the molecule is CN=C(NCCCCN1CCCC1)N(C)Cc1ccc(Cl)cc1. The normalized spacial score (nSPS) is 15.9. The van der Waals surface area contributed by atoms with E-state index in [9.17, 15) is 0 Å². The molecule has 1 aromatic carbocycles. The highest BCUT2D eigenvalue weighted by molar-refractivity contribution is 6.30. The Morgan fingerprint density at radius 1 is 1.22 bits per heavy atom. The minimum atomic E-state index is 0.775. The largest absolute Gasteiger partial charge is 0.356 e. The van der Waals surface area contributed by atoms with E-state index >= 15 is 0 Å². The molecule has 1 aliphatic rings. The molecule has 5 heteroatoms. The van der Waals surface area contributed by atoms with Gasteiger partial charge in [0.05, 0.1) is 0 Å². The van der Waals surface area contributed by atoms with E-state index in [0.29, 0.717) is 0 Å². The Balaban J connectivity index is 1.66. The number of hydrogen-bond donors (Lipinski definition) is 1. The molecule has 4 nitrogen and oxygen atoms in total. The van der Waals surface area contributed by atoms with Gasteiger partial charge in [-0.2, -0.15) is 0 Å². The highest BCUT2D eigenvalue weighted by Gasteiger charge is 2.10. The van der Waals surface area contributed by atoms with Gasteiger partial charge in [0.1, 0.15) is 0 Å². The highest BCUT2D eigenvalue weighted by Crippen LogP contribution is 2.11. The Morgan fingerprint density at radius 3 is 2.57 bits per heavy atom. The molecule has 1 saturated heterocycles. The van der Waals surface area contributed by atoms with Crippen molar-refractivity contribution in [2.45, 2.75) is 32.2 Å². The van der Waals surface area contributed by atoms with E-state index in [0.717, 1.165) is 24.1 Å². The Hall–Kier alpha value is -1.26. The van der Waals surface area contributed by atoms with Crippen molar-refractivity contribution in [3.63, 3.8) is 0 Å². The molecular formula is C18H29ClN4. The van der Waals surface area contributed by atoms with Gasteiger partial charge in [-0.25, -0.2) is 0 Å². The lowest BCUT2D eigenvalue weighted by atomic mass is 10.2. The molecule has 23 heavy (non-hydrogen) atoms. The zero-order valence-electron chi connectivity index (χ0n) is 14.4. The number of rotatable bonds is 7. The Bertz CT molecular complexity index is 480. The van der Waals surface area contributed by atoms with Gasteiger partial charge in [0.25, 0.3) is 0 Å². The smallest absolute Gasteiger partial charge is 0.193 e. The van der Waals surface area contributed by atoms with Gasteiger partial charge in [-0.1, -0.05) is 23.7 Å². The Labute approximate surface area is 145 Å². The lowest BCUT2D eigenvalue weighted by Gasteiger charge is -2.22. The molecule has 0 radical (unpaired) electrons. The molecule has 2 rings (SSSR count). The van der Waals surface area contributed by atoms with E-state index < -0.39 is 0 Å². The second-order valence-corrected chi connectivity index (χ2v) is 6.65. The maximum absolute atomic E-state index is 5.93. The number of aliphatic imine (C=N–C) groups is 1. The van der Waals surface area contributed by atoms with Crippen LogP contribution in [0.25, 0.3) is 0 Å². The summed E-state index contributed by atoms with van der Waals surface area (Å²) < 4.78 is 0. The monoisotopic (exact) mass is 336 g/mol. The molecule has 0 spiro atoms.